The molecule has 1 N–H and O–H groups in total. The number of hydrogen-bond acceptors (Lipinski definition) is 4. The third-order valence-electron chi connectivity index (χ3n) is 3.73. The van der Waals surface area contributed by atoms with Crippen LogP contribution in [-0.2, 0) is 0 Å². The van der Waals surface area contributed by atoms with Gasteiger partial charge in [0.25, 0.3) is 5.91 Å². The summed E-state index contributed by atoms with van der Waals surface area (Å²) in [6.07, 6.45) is 1.38. The molecule has 5 nitrogen and oxygen atoms in total. The quantitative estimate of drug-likeness (QED) is 0.214. The molecule has 0 aliphatic rings. The van der Waals surface area contributed by atoms with E-state index in [-0.39, 0.29) is 10.6 Å². The number of hydrazone groups is 1. The highest BCUT2D eigenvalue weighted by molar-refractivity contribution is 9.10. The first-order valence-electron chi connectivity index (χ1n) is 8.29. The first-order chi connectivity index (χ1) is 13.9. The normalized spacial score (nSPS) is 10.7. The summed E-state index contributed by atoms with van der Waals surface area (Å²) in [7, 11) is 0. The van der Waals surface area contributed by atoms with E-state index >= 15 is 0 Å². The molecular formula is C21H13BrCl2N2O3. The van der Waals surface area contributed by atoms with Crippen molar-refractivity contribution in [3.8, 4) is 5.75 Å². The van der Waals surface area contributed by atoms with Crippen LogP contribution in [0.5, 0.6) is 5.75 Å². The summed E-state index contributed by atoms with van der Waals surface area (Å²) in [5.74, 6) is -0.704. The van der Waals surface area contributed by atoms with Gasteiger partial charge in [0.05, 0.1) is 22.4 Å². The molecule has 3 aromatic rings. The van der Waals surface area contributed by atoms with Crippen LogP contribution < -0.4 is 10.2 Å². The van der Waals surface area contributed by atoms with Gasteiger partial charge in [0.1, 0.15) is 5.75 Å². The fourth-order valence-corrected chi connectivity index (χ4v) is 3.21. The van der Waals surface area contributed by atoms with Crippen LogP contribution in [-0.4, -0.2) is 18.1 Å². The summed E-state index contributed by atoms with van der Waals surface area (Å²) in [6.45, 7) is 0. The van der Waals surface area contributed by atoms with Crippen LogP contribution in [0.15, 0.2) is 76.3 Å². The number of carbonyl (C=O) groups is 2. The summed E-state index contributed by atoms with van der Waals surface area (Å²) in [5, 5.41) is 4.57. The predicted molar refractivity (Wildman–Crippen MR) is 117 cm³/mol. The topological polar surface area (TPSA) is 67.8 Å². The van der Waals surface area contributed by atoms with Gasteiger partial charge in [-0.1, -0.05) is 57.3 Å². The molecule has 0 saturated heterocycles. The number of halogens is 3. The van der Waals surface area contributed by atoms with Gasteiger partial charge in [-0.2, -0.15) is 5.10 Å². The van der Waals surface area contributed by atoms with E-state index in [2.05, 4.69) is 26.5 Å². The molecule has 146 valence electrons. The molecular weight excluding hydrogens is 479 g/mol. The standard InChI is InChI=1S/C21H13BrCl2N2O3/c22-15-6-9-19(29-21(28)13-4-2-1-3-5-13)14(10-15)12-25-26-20(27)17-8-7-16(23)11-18(17)24/h1-12H,(H,26,27). The van der Waals surface area contributed by atoms with Gasteiger partial charge in [0, 0.05) is 15.1 Å². The number of nitrogens with one attached hydrogen (secondary N) is 1. The third-order valence-corrected chi connectivity index (χ3v) is 4.77. The molecule has 0 spiro atoms. The predicted octanol–water partition coefficient (Wildman–Crippen LogP) is 5.74. The maximum Gasteiger partial charge on any atom is 0.343 e. The molecule has 0 saturated carbocycles. The highest BCUT2D eigenvalue weighted by Crippen LogP contribution is 2.23. The molecule has 1 amide bonds. The van der Waals surface area contributed by atoms with E-state index < -0.39 is 11.9 Å². The number of rotatable bonds is 5. The average Bonchev–Trinajstić information content (AvgIpc) is 2.70. The minimum absolute atomic E-state index is 0.213. The zero-order valence-electron chi connectivity index (χ0n) is 14.7. The lowest BCUT2D eigenvalue weighted by molar-refractivity contribution is 0.0734. The lowest BCUT2D eigenvalue weighted by Gasteiger charge is -2.08. The zero-order valence-corrected chi connectivity index (χ0v) is 17.8. The third kappa shape index (κ3) is 5.67. The fraction of sp³-hybridized carbons (Fsp3) is 0. The first-order valence-corrected chi connectivity index (χ1v) is 9.84. The van der Waals surface area contributed by atoms with Gasteiger partial charge in [0.2, 0.25) is 0 Å². The molecule has 0 atom stereocenters. The smallest absolute Gasteiger partial charge is 0.343 e. The van der Waals surface area contributed by atoms with Crippen molar-refractivity contribution in [3.05, 3.63) is 97.9 Å². The highest BCUT2D eigenvalue weighted by atomic mass is 79.9. The summed E-state index contributed by atoms with van der Waals surface area (Å²) in [4.78, 5) is 24.5. The monoisotopic (exact) mass is 490 g/mol. The Morgan fingerprint density at radius 2 is 1.76 bits per heavy atom. The molecule has 0 aromatic heterocycles. The van der Waals surface area contributed by atoms with Crippen LogP contribution in [0.1, 0.15) is 26.3 Å². The SMILES string of the molecule is O=C(Oc1ccc(Br)cc1C=NNC(=O)c1ccc(Cl)cc1Cl)c1ccccc1. The molecule has 3 aromatic carbocycles. The van der Waals surface area contributed by atoms with Crippen molar-refractivity contribution >= 4 is 57.2 Å². The Hall–Kier alpha value is -2.67. The second-order valence-electron chi connectivity index (χ2n) is 5.76. The van der Waals surface area contributed by atoms with Gasteiger partial charge in [-0.25, -0.2) is 10.2 Å². The van der Waals surface area contributed by atoms with E-state index in [1.807, 2.05) is 6.07 Å². The Bertz CT molecular complexity index is 1090. The Morgan fingerprint density at radius 3 is 2.48 bits per heavy atom. The fourth-order valence-electron chi connectivity index (χ4n) is 2.34. The Morgan fingerprint density at radius 1 is 1.00 bits per heavy atom. The zero-order chi connectivity index (χ0) is 20.8. The maximum atomic E-state index is 12.3. The minimum Gasteiger partial charge on any atom is -0.422 e. The van der Waals surface area contributed by atoms with Crippen LogP contribution >= 0.6 is 39.1 Å². The van der Waals surface area contributed by atoms with E-state index in [1.54, 1.807) is 48.5 Å². The summed E-state index contributed by atoms with van der Waals surface area (Å²) < 4.78 is 6.22. The molecule has 29 heavy (non-hydrogen) atoms. The van der Waals surface area contributed by atoms with Crippen molar-refractivity contribution in [2.24, 2.45) is 5.10 Å². The Kier molecular flexibility index (Phi) is 7.04. The van der Waals surface area contributed by atoms with Crippen LogP contribution in [0.2, 0.25) is 10.0 Å². The average molecular weight is 492 g/mol. The molecule has 8 heteroatoms. The molecule has 0 aliphatic carbocycles. The summed E-state index contributed by atoms with van der Waals surface area (Å²) in [6, 6.07) is 18.2. The van der Waals surface area contributed by atoms with Crippen molar-refractivity contribution < 1.29 is 14.3 Å². The summed E-state index contributed by atoms with van der Waals surface area (Å²) in [5.41, 5.74) is 3.53. The van der Waals surface area contributed by atoms with Gasteiger partial charge in [-0.15, -0.1) is 0 Å². The molecule has 0 aliphatic heterocycles. The van der Waals surface area contributed by atoms with Gasteiger partial charge < -0.3 is 4.74 Å². The van der Waals surface area contributed by atoms with Gasteiger partial charge in [-0.05, 0) is 48.5 Å². The number of hydrogen-bond donors (Lipinski definition) is 1. The van der Waals surface area contributed by atoms with E-state index in [0.29, 0.717) is 21.9 Å². The second-order valence-corrected chi connectivity index (χ2v) is 7.52. The largest absolute Gasteiger partial charge is 0.422 e. The maximum absolute atomic E-state index is 12.3. The van der Waals surface area contributed by atoms with E-state index in [9.17, 15) is 9.59 Å². The molecule has 3 rings (SSSR count). The van der Waals surface area contributed by atoms with E-state index in [4.69, 9.17) is 27.9 Å². The Labute approximate surface area is 185 Å². The van der Waals surface area contributed by atoms with Crippen molar-refractivity contribution in [1.82, 2.24) is 5.43 Å². The summed E-state index contributed by atoms with van der Waals surface area (Å²) >= 11 is 15.2. The van der Waals surface area contributed by atoms with Gasteiger partial charge >= 0.3 is 5.97 Å². The van der Waals surface area contributed by atoms with Crippen molar-refractivity contribution in [3.63, 3.8) is 0 Å². The molecule has 0 fully saturated rings. The van der Waals surface area contributed by atoms with E-state index in [0.717, 1.165) is 4.47 Å². The first kappa shape index (κ1) is 21.0. The van der Waals surface area contributed by atoms with Gasteiger partial charge in [-0.3, -0.25) is 4.79 Å². The molecule has 0 bridgehead atoms. The second kappa shape index (κ2) is 9.69. The molecule has 0 heterocycles. The van der Waals surface area contributed by atoms with Crippen LogP contribution in [0.4, 0.5) is 0 Å². The number of esters is 1. The van der Waals surface area contributed by atoms with Crippen LogP contribution in [0, 0.1) is 0 Å². The van der Waals surface area contributed by atoms with Crippen molar-refractivity contribution in [2.75, 3.05) is 0 Å². The van der Waals surface area contributed by atoms with Crippen LogP contribution in [0.25, 0.3) is 0 Å². The molecule has 0 unspecified atom stereocenters. The van der Waals surface area contributed by atoms with Crippen molar-refractivity contribution in [2.45, 2.75) is 0 Å². The van der Waals surface area contributed by atoms with Gasteiger partial charge in [0.15, 0.2) is 0 Å². The number of ether oxygens (including phenoxy) is 1. The number of benzene rings is 3. The van der Waals surface area contributed by atoms with E-state index in [1.165, 1.54) is 18.3 Å². The Balaban J connectivity index is 1.75. The molecule has 0 radical (unpaired) electrons. The number of nitrogens with zero attached hydrogens (tertiary/aromatic N) is 1. The lowest BCUT2D eigenvalue weighted by atomic mass is 10.2. The number of amides is 1. The van der Waals surface area contributed by atoms with Crippen LogP contribution in [0.3, 0.4) is 0 Å². The number of carbonyl (C=O) groups excluding carboxylic acids is 2. The lowest BCUT2D eigenvalue weighted by Crippen LogP contribution is -2.18. The van der Waals surface area contributed by atoms with Crippen molar-refractivity contribution in [1.29, 1.82) is 0 Å². The minimum atomic E-state index is -0.500. The highest BCUT2D eigenvalue weighted by Gasteiger charge is 2.12.